The van der Waals surface area contributed by atoms with Crippen LogP contribution in [0.5, 0.6) is 5.75 Å². The van der Waals surface area contributed by atoms with Crippen LogP contribution in [0.3, 0.4) is 0 Å². The zero-order chi connectivity index (χ0) is 18.1. The third-order valence-electron chi connectivity index (χ3n) is 4.07. The number of carbonyl (C=O) groups is 1. The zero-order valence-electron chi connectivity index (χ0n) is 15.0. The van der Waals surface area contributed by atoms with E-state index in [0.29, 0.717) is 13.1 Å². The second-order valence-electron chi connectivity index (χ2n) is 6.30. The smallest absolute Gasteiger partial charge is 0.255 e. The van der Waals surface area contributed by atoms with Gasteiger partial charge in [-0.25, -0.2) is 0 Å². The first kappa shape index (κ1) is 19.4. The molecule has 2 rings (SSSR count). The van der Waals surface area contributed by atoms with Crippen LogP contribution in [0, 0.1) is 0 Å². The number of carbonyl (C=O) groups excluding carboxylic acids is 1. The van der Waals surface area contributed by atoms with E-state index in [1.165, 1.54) is 24.7 Å². The first-order valence-corrected chi connectivity index (χ1v) is 9.75. The molecule has 1 unspecified atom stereocenters. The number of nitrogens with zero attached hydrogens (tertiary/aromatic N) is 1. The minimum atomic E-state index is -0.281. The highest BCUT2D eigenvalue weighted by molar-refractivity contribution is 8.00. The summed E-state index contributed by atoms with van der Waals surface area (Å²) in [4.78, 5) is 16.7. The number of aromatic hydroxyl groups is 1. The minimum absolute atomic E-state index is 0.00910. The number of para-hydroxylation sites is 1. The third-order valence-corrected chi connectivity index (χ3v) is 5.59. The molecule has 4 N–H and O–H groups in total. The summed E-state index contributed by atoms with van der Waals surface area (Å²) in [6.07, 6.45) is 2.47. The summed E-state index contributed by atoms with van der Waals surface area (Å²) in [7, 11) is 0. The van der Waals surface area contributed by atoms with Crippen molar-refractivity contribution in [1.29, 1.82) is 0 Å². The Morgan fingerprint density at radius 3 is 2.72 bits per heavy atom. The molecule has 6 nitrogen and oxygen atoms in total. The molecule has 0 saturated carbocycles. The van der Waals surface area contributed by atoms with E-state index in [1.54, 1.807) is 18.2 Å². The minimum Gasteiger partial charge on any atom is -0.507 e. The van der Waals surface area contributed by atoms with Crippen molar-refractivity contribution in [2.75, 3.05) is 31.9 Å². The number of thioether (sulfide) groups is 1. The molecule has 7 heteroatoms. The number of phenols is 1. The van der Waals surface area contributed by atoms with Crippen LogP contribution in [0.15, 0.2) is 29.3 Å². The van der Waals surface area contributed by atoms with Crippen LogP contribution < -0.4 is 16.0 Å². The summed E-state index contributed by atoms with van der Waals surface area (Å²) < 4.78 is 0.238. The second kappa shape index (κ2) is 9.56. The van der Waals surface area contributed by atoms with Gasteiger partial charge in [0.05, 0.1) is 12.1 Å². The fourth-order valence-electron chi connectivity index (χ4n) is 2.67. The molecule has 1 aromatic rings. The largest absolute Gasteiger partial charge is 0.507 e. The predicted molar refractivity (Wildman–Crippen MR) is 105 cm³/mol. The van der Waals surface area contributed by atoms with Crippen molar-refractivity contribution in [2.24, 2.45) is 4.99 Å². The lowest BCUT2D eigenvalue weighted by atomic mass is 10.1. The van der Waals surface area contributed by atoms with Crippen LogP contribution >= 0.6 is 11.8 Å². The first-order valence-electron chi connectivity index (χ1n) is 8.76. The molecule has 0 aromatic heterocycles. The average molecular weight is 365 g/mol. The van der Waals surface area contributed by atoms with E-state index in [0.717, 1.165) is 19.0 Å². The lowest BCUT2D eigenvalue weighted by Gasteiger charge is -2.21. The number of nitrogens with one attached hydrogen (secondary N) is 3. The summed E-state index contributed by atoms with van der Waals surface area (Å²) in [6.45, 7) is 6.89. The molecule has 25 heavy (non-hydrogen) atoms. The Bertz CT molecular complexity index is 600. The quantitative estimate of drug-likeness (QED) is 0.338. The molecule has 0 radical (unpaired) electrons. The Labute approximate surface area is 153 Å². The lowest BCUT2D eigenvalue weighted by molar-refractivity contribution is 0.0951. The Morgan fingerprint density at radius 1 is 1.28 bits per heavy atom. The molecule has 1 heterocycles. The summed E-state index contributed by atoms with van der Waals surface area (Å²) in [5, 5.41) is 18.9. The molecule has 0 bridgehead atoms. The number of amides is 1. The van der Waals surface area contributed by atoms with Crippen LogP contribution in [0.1, 0.15) is 37.0 Å². The van der Waals surface area contributed by atoms with Gasteiger partial charge in [0.25, 0.3) is 5.91 Å². The van der Waals surface area contributed by atoms with Crippen molar-refractivity contribution in [2.45, 2.75) is 31.4 Å². The van der Waals surface area contributed by atoms with E-state index in [4.69, 9.17) is 0 Å². The Kier molecular flexibility index (Phi) is 7.43. The van der Waals surface area contributed by atoms with Gasteiger partial charge >= 0.3 is 0 Å². The average Bonchev–Trinajstić information content (AvgIpc) is 3.03. The van der Waals surface area contributed by atoms with Crippen LogP contribution in [0.4, 0.5) is 0 Å². The van der Waals surface area contributed by atoms with Crippen molar-refractivity contribution in [3.63, 3.8) is 0 Å². The monoisotopic (exact) mass is 364 g/mol. The van der Waals surface area contributed by atoms with Crippen LogP contribution in [-0.2, 0) is 0 Å². The highest BCUT2D eigenvalue weighted by atomic mass is 32.2. The van der Waals surface area contributed by atoms with E-state index in [1.807, 2.05) is 18.7 Å². The van der Waals surface area contributed by atoms with Gasteiger partial charge < -0.3 is 21.1 Å². The standard InChI is InChI=1S/C18H28N4O2S/c1-3-19-17(22-13-18(2)9-6-12-25-18)21-11-10-20-16(24)14-7-4-5-8-15(14)23/h4-5,7-8,23H,3,6,9-13H2,1-2H3,(H,20,24)(H2,19,21,22). The van der Waals surface area contributed by atoms with Crippen molar-refractivity contribution >= 4 is 23.6 Å². The molecule has 1 fully saturated rings. The van der Waals surface area contributed by atoms with Crippen molar-refractivity contribution < 1.29 is 9.90 Å². The molecular formula is C18H28N4O2S. The Morgan fingerprint density at radius 2 is 2.04 bits per heavy atom. The van der Waals surface area contributed by atoms with E-state index < -0.39 is 0 Å². The Balaban J connectivity index is 1.77. The first-order chi connectivity index (χ1) is 12.0. The molecule has 138 valence electrons. The molecule has 1 aromatic carbocycles. The molecular weight excluding hydrogens is 336 g/mol. The Hall–Kier alpha value is -1.89. The molecule has 1 aliphatic heterocycles. The normalized spacial score (nSPS) is 20.3. The van der Waals surface area contributed by atoms with E-state index in [9.17, 15) is 9.90 Å². The maximum absolute atomic E-state index is 12.0. The zero-order valence-corrected chi connectivity index (χ0v) is 15.8. The number of phenolic OH excluding ortho intramolecular Hbond substituents is 1. The summed E-state index contributed by atoms with van der Waals surface area (Å²) in [6, 6.07) is 6.52. The maximum atomic E-state index is 12.0. The number of hydrogen-bond acceptors (Lipinski definition) is 4. The fraction of sp³-hybridized carbons (Fsp3) is 0.556. The second-order valence-corrected chi connectivity index (χ2v) is 7.98. The maximum Gasteiger partial charge on any atom is 0.255 e. The van der Waals surface area contributed by atoms with Crippen LogP contribution in [0.25, 0.3) is 0 Å². The van der Waals surface area contributed by atoms with Crippen LogP contribution in [-0.4, -0.2) is 53.7 Å². The van der Waals surface area contributed by atoms with Gasteiger partial charge in [0.1, 0.15) is 5.75 Å². The molecule has 0 spiro atoms. The van der Waals surface area contributed by atoms with E-state index >= 15 is 0 Å². The third kappa shape index (κ3) is 6.16. The lowest BCUT2D eigenvalue weighted by Crippen LogP contribution is -2.42. The van der Waals surface area contributed by atoms with E-state index in [-0.39, 0.29) is 22.0 Å². The number of guanidine groups is 1. The SMILES string of the molecule is CCNC(=NCC1(C)CCCS1)NCCNC(=O)c1ccccc1O. The van der Waals surface area contributed by atoms with Gasteiger partial charge in [0, 0.05) is 24.4 Å². The van der Waals surface area contributed by atoms with Crippen molar-refractivity contribution in [3.05, 3.63) is 29.8 Å². The topological polar surface area (TPSA) is 85.8 Å². The van der Waals surface area contributed by atoms with Crippen molar-refractivity contribution in [1.82, 2.24) is 16.0 Å². The van der Waals surface area contributed by atoms with Gasteiger partial charge in [-0.3, -0.25) is 9.79 Å². The van der Waals surface area contributed by atoms with Crippen LogP contribution in [0.2, 0.25) is 0 Å². The highest BCUT2D eigenvalue weighted by Gasteiger charge is 2.29. The summed E-state index contributed by atoms with van der Waals surface area (Å²) >= 11 is 1.99. The molecule has 1 saturated heterocycles. The van der Waals surface area contributed by atoms with Gasteiger partial charge in [0.2, 0.25) is 0 Å². The predicted octanol–water partition coefficient (Wildman–Crippen LogP) is 1.96. The number of hydrogen-bond donors (Lipinski definition) is 4. The number of aliphatic imine (C=N–C) groups is 1. The fourth-order valence-corrected chi connectivity index (χ4v) is 3.89. The van der Waals surface area contributed by atoms with Crippen molar-refractivity contribution in [3.8, 4) is 5.75 Å². The molecule has 1 aliphatic rings. The van der Waals surface area contributed by atoms with Gasteiger partial charge in [-0.05, 0) is 44.6 Å². The summed E-state index contributed by atoms with van der Waals surface area (Å²) in [5.41, 5.74) is 0.286. The summed E-state index contributed by atoms with van der Waals surface area (Å²) in [5.74, 6) is 1.70. The van der Waals surface area contributed by atoms with Gasteiger partial charge in [-0.2, -0.15) is 11.8 Å². The number of benzene rings is 1. The molecule has 1 atom stereocenters. The molecule has 1 amide bonds. The number of rotatable bonds is 7. The highest BCUT2D eigenvalue weighted by Crippen LogP contribution is 2.37. The van der Waals surface area contributed by atoms with E-state index in [2.05, 4.69) is 27.9 Å². The van der Waals surface area contributed by atoms with Gasteiger partial charge in [-0.1, -0.05) is 12.1 Å². The molecule has 0 aliphatic carbocycles. The van der Waals surface area contributed by atoms with Gasteiger partial charge in [0.15, 0.2) is 5.96 Å². The van der Waals surface area contributed by atoms with Gasteiger partial charge in [-0.15, -0.1) is 0 Å².